The average molecular weight is 271 g/mol. The molecule has 1 N–H and O–H groups in total. The Hall–Kier alpha value is -2.43. The van der Waals surface area contributed by atoms with Gasteiger partial charge in [-0.1, -0.05) is 17.7 Å². The Balaban J connectivity index is 2.17. The van der Waals surface area contributed by atoms with Gasteiger partial charge < -0.3 is 10.1 Å². The van der Waals surface area contributed by atoms with Gasteiger partial charge in [-0.25, -0.2) is 9.97 Å². The maximum absolute atomic E-state index is 12.2. The highest BCUT2D eigenvalue weighted by atomic mass is 16.5. The smallest absolute Gasteiger partial charge is 0.274 e. The summed E-state index contributed by atoms with van der Waals surface area (Å²) in [6, 6.07) is 7.38. The van der Waals surface area contributed by atoms with E-state index in [2.05, 4.69) is 15.3 Å². The van der Waals surface area contributed by atoms with Gasteiger partial charge in [0.25, 0.3) is 5.91 Å². The number of hydrogen-bond donors (Lipinski definition) is 1. The van der Waals surface area contributed by atoms with Crippen molar-refractivity contribution in [1.29, 1.82) is 0 Å². The predicted molar refractivity (Wildman–Crippen MR) is 77.1 cm³/mol. The third-order valence-electron chi connectivity index (χ3n) is 2.80. The largest absolute Gasteiger partial charge is 0.478 e. The highest BCUT2D eigenvalue weighted by Gasteiger charge is 2.10. The quantitative estimate of drug-likeness (QED) is 0.928. The Bertz CT molecular complexity index is 626. The van der Waals surface area contributed by atoms with Gasteiger partial charge in [0.05, 0.1) is 6.61 Å². The summed E-state index contributed by atoms with van der Waals surface area (Å²) in [5, 5.41) is 2.84. The minimum atomic E-state index is -0.277. The van der Waals surface area contributed by atoms with Crippen molar-refractivity contribution in [2.24, 2.45) is 0 Å². The summed E-state index contributed by atoms with van der Waals surface area (Å²) < 4.78 is 5.26. The summed E-state index contributed by atoms with van der Waals surface area (Å²) in [7, 11) is 0. The van der Waals surface area contributed by atoms with Crippen molar-refractivity contribution in [3.8, 4) is 5.88 Å². The molecule has 0 saturated carbocycles. The number of anilines is 1. The van der Waals surface area contributed by atoms with Crippen LogP contribution in [0.5, 0.6) is 5.88 Å². The van der Waals surface area contributed by atoms with Gasteiger partial charge in [-0.05, 0) is 32.4 Å². The first-order chi connectivity index (χ1) is 9.60. The van der Waals surface area contributed by atoms with Gasteiger partial charge in [-0.15, -0.1) is 0 Å². The number of benzene rings is 1. The fraction of sp³-hybridized carbons (Fsp3) is 0.267. The molecule has 1 heterocycles. The van der Waals surface area contributed by atoms with E-state index in [1.807, 2.05) is 39.0 Å². The summed E-state index contributed by atoms with van der Waals surface area (Å²) in [4.78, 5) is 20.0. The van der Waals surface area contributed by atoms with E-state index < -0.39 is 0 Å². The number of carbonyl (C=O) groups excluding carboxylic acids is 1. The molecular weight excluding hydrogens is 254 g/mol. The minimum Gasteiger partial charge on any atom is -0.478 e. The van der Waals surface area contributed by atoms with Gasteiger partial charge in [0.15, 0.2) is 0 Å². The average Bonchev–Trinajstić information content (AvgIpc) is 2.42. The zero-order valence-corrected chi connectivity index (χ0v) is 11.8. The molecule has 1 aromatic heterocycles. The minimum absolute atomic E-state index is 0.277. The van der Waals surface area contributed by atoms with Crippen LogP contribution in [0.15, 0.2) is 30.6 Å². The fourth-order valence-electron chi connectivity index (χ4n) is 1.83. The van der Waals surface area contributed by atoms with E-state index in [1.165, 1.54) is 12.4 Å². The normalized spacial score (nSPS) is 10.2. The zero-order valence-electron chi connectivity index (χ0n) is 11.8. The van der Waals surface area contributed by atoms with Crippen molar-refractivity contribution in [1.82, 2.24) is 9.97 Å². The van der Waals surface area contributed by atoms with Gasteiger partial charge in [-0.2, -0.15) is 0 Å². The molecule has 20 heavy (non-hydrogen) atoms. The fourth-order valence-corrected chi connectivity index (χ4v) is 1.83. The molecule has 1 amide bonds. The first-order valence-electron chi connectivity index (χ1n) is 6.43. The van der Waals surface area contributed by atoms with Crippen molar-refractivity contribution in [3.05, 3.63) is 47.4 Å². The molecule has 2 aromatic rings. The van der Waals surface area contributed by atoms with E-state index >= 15 is 0 Å². The van der Waals surface area contributed by atoms with E-state index in [0.717, 1.165) is 16.8 Å². The third-order valence-corrected chi connectivity index (χ3v) is 2.80. The SMILES string of the molecule is CCOc1cc(C(=O)Nc2ccc(C)cc2C)ncn1. The number of rotatable bonds is 4. The number of hydrogen-bond acceptors (Lipinski definition) is 4. The van der Waals surface area contributed by atoms with Crippen LogP contribution < -0.4 is 10.1 Å². The maximum atomic E-state index is 12.2. The van der Waals surface area contributed by atoms with Gasteiger partial charge in [0, 0.05) is 11.8 Å². The number of nitrogens with one attached hydrogen (secondary N) is 1. The lowest BCUT2D eigenvalue weighted by Crippen LogP contribution is -2.15. The molecule has 5 heteroatoms. The van der Waals surface area contributed by atoms with Crippen LogP contribution >= 0.6 is 0 Å². The van der Waals surface area contributed by atoms with Crippen molar-refractivity contribution >= 4 is 11.6 Å². The first-order valence-corrected chi connectivity index (χ1v) is 6.43. The molecule has 0 bridgehead atoms. The van der Waals surface area contributed by atoms with Crippen LogP contribution in [0.2, 0.25) is 0 Å². The second-order valence-electron chi connectivity index (χ2n) is 4.45. The summed E-state index contributed by atoms with van der Waals surface area (Å²) in [5.41, 5.74) is 3.22. The van der Waals surface area contributed by atoms with Crippen molar-refractivity contribution in [3.63, 3.8) is 0 Å². The van der Waals surface area contributed by atoms with E-state index in [9.17, 15) is 4.79 Å². The van der Waals surface area contributed by atoms with Crippen LogP contribution in [0.25, 0.3) is 0 Å². The number of aryl methyl sites for hydroxylation is 2. The maximum Gasteiger partial charge on any atom is 0.274 e. The number of amides is 1. The number of aromatic nitrogens is 2. The Kier molecular flexibility index (Phi) is 4.30. The molecular formula is C15H17N3O2. The summed E-state index contributed by atoms with van der Waals surface area (Å²) in [5.74, 6) is 0.119. The molecule has 0 aliphatic heterocycles. The predicted octanol–water partition coefficient (Wildman–Crippen LogP) is 2.74. The van der Waals surface area contributed by atoms with Crippen LogP contribution in [-0.4, -0.2) is 22.5 Å². The Morgan fingerprint density at radius 1 is 1.25 bits per heavy atom. The van der Waals surface area contributed by atoms with Gasteiger partial charge in [-0.3, -0.25) is 4.79 Å². The Labute approximate surface area is 118 Å². The van der Waals surface area contributed by atoms with Crippen LogP contribution in [-0.2, 0) is 0 Å². The molecule has 0 fully saturated rings. The molecule has 0 saturated heterocycles. The molecule has 0 unspecified atom stereocenters. The van der Waals surface area contributed by atoms with E-state index in [4.69, 9.17) is 4.74 Å². The van der Waals surface area contributed by atoms with Gasteiger partial charge in [0.1, 0.15) is 12.0 Å². The highest BCUT2D eigenvalue weighted by Crippen LogP contribution is 2.17. The monoisotopic (exact) mass is 271 g/mol. The van der Waals surface area contributed by atoms with Crippen molar-refractivity contribution < 1.29 is 9.53 Å². The summed E-state index contributed by atoms with van der Waals surface area (Å²) in [6.45, 7) is 6.32. The highest BCUT2D eigenvalue weighted by molar-refractivity contribution is 6.03. The lowest BCUT2D eigenvalue weighted by atomic mass is 10.1. The van der Waals surface area contributed by atoms with Crippen LogP contribution in [0.1, 0.15) is 28.5 Å². The van der Waals surface area contributed by atoms with E-state index in [0.29, 0.717) is 12.5 Å². The third kappa shape index (κ3) is 3.32. The molecule has 0 aliphatic rings. The molecule has 0 radical (unpaired) electrons. The van der Waals surface area contributed by atoms with Gasteiger partial charge >= 0.3 is 0 Å². The molecule has 0 spiro atoms. The molecule has 2 rings (SSSR count). The Morgan fingerprint density at radius 3 is 2.75 bits per heavy atom. The summed E-state index contributed by atoms with van der Waals surface area (Å²) in [6.07, 6.45) is 1.32. The number of carbonyl (C=O) groups is 1. The van der Waals surface area contributed by atoms with Crippen LogP contribution in [0.3, 0.4) is 0 Å². The van der Waals surface area contributed by atoms with Crippen LogP contribution in [0.4, 0.5) is 5.69 Å². The van der Waals surface area contributed by atoms with E-state index in [-0.39, 0.29) is 11.6 Å². The van der Waals surface area contributed by atoms with E-state index in [1.54, 1.807) is 0 Å². The Morgan fingerprint density at radius 2 is 2.05 bits per heavy atom. The standard InChI is InChI=1S/C15H17N3O2/c1-4-20-14-8-13(16-9-17-14)15(19)18-12-6-5-10(2)7-11(12)3/h5-9H,4H2,1-3H3,(H,18,19). The molecule has 5 nitrogen and oxygen atoms in total. The molecule has 1 aromatic carbocycles. The molecule has 104 valence electrons. The second kappa shape index (κ2) is 6.14. The summed E-state index contributed by atoms with van der Waals surface area (Å²) >= 11 is 0. The first kappa shape index (κ1) is 14.0. The van der Waals surface area contributed by atoms with Crippen LogP contribution in [0, 0.1) is 13.8 Å². The van der Waals surface area contributed by atoms with Gasteiger partial charge in [0.2, 0.25) is 5.88 Å². The number of nitrogens with zero attached hydrogens (tertiary/aromatic N) is 2. The van der Waals surface area contributed by atoms with Crippen molar-refractivity contribution in [2.75, 3.05) is 11.9 Å². The second-order valence-corrected chi connectivity index (χ2v) is 4.45. The topological polar surface area (TPSA) is 64.1 Å². The lowest BCUT2D eigenvalue weighted by Gasteiger charge is -2.09. The molecule has 0 aliphatic carbocycles. The number of ether oxygens (including phenoxy) is 1. The zero-order chi connectivity index (χ0) is 14.5. The van der Waals surface area contributed by atoms with Crippen molar-refractivity contribution in [2.45, 2.75) is 20.8 Å². The molecule has 0 atom stereocenters. The lowest BCUT2D eigenvalue weighted by molar-refractivity contribution is 0.102.